The SMILES string of the molecule is O=C(/C=C(/[O-])C(F)(F)F)c1cccs1.[Na+]. The number of alkyl halides is 3. The van der Waals surface area contributed by atoms with E-state index in [-0.39, 0.29) is 40.5 Å². The predicted molar refractivity (Wildman–Crippen MR) is 42.8 cm³/mol. The third-order valence-corrected chi connectivity index (χ3v) is 2.19. The first-order valence-corrected chi connectivity index (χ1v) is 4.33. The second-order valence-electron chi connectivity index (χ2n) is 2.35. The van der Waals surface area contributed by atoms with Gasteiger partial charge in [0.2, 0.25) is 0 Å². The van der Waals surface area contributed by atoms with Crippen molar-refractivity contribution >= 4 is 17.1 Å². The number of halogens is 3. The number of rotatable bonds is 2. The Balaban J connectivity index is 0.00000196. The monoisotopic (exact) mass is 244 g/mol. The summed E-state index contributed by atoms with van der Waals surface area (Å²) in [4.78, 5) is 11.1. The minimum atomic E-state index is -4.98. The molecule has 1 rings (SSSR count). The van der Waals surface area contributed by atoms with Gasteiger partial charge in [-0.25, -0.2) is 0 Å². The molecule has 1 aromatic heterocycles. The van der Waals surface area contributed by atoms with E-state index in [0.717, 1.165) is 11.3 Å². The molecule has 0 amide bonds. The fraction of sp³-hybridized carbons (Fsp3) is 0.125. The van der Waals surface area contributed by atoms with Crippen LogP contribution in [0.25, 0.3) is 0 Å². The number of carbonyl (C=O) groups excluding carboxylic acids is 1. The van der Waals surface area contributed by atoms with Crippen LogP contribution in [0.3, 0.4) is 0 Å². The first-order valence-electron chi connectivity index (χ1n) is 3.45. The molecule has 0 N–H and O–H groups in total. The second-order valence-corrected chi connectivity index (χ2v) is 3.30. The van der Waals surface area contributed by atoms with Crippen LogP contribution in [0, 0.1) is 0 Å². The Labute approximate surface area is 110 Å². The molecule has 15 heavy (non-hydrogen) atoms. The van der Waals surface area contributed by atoms with E-state index in [1.165, 1.54) is 12.1 Å². The molecule has 0 unspecified atom stereocenters. The Bertz CT molecular complexity index is 356. The van der Waals surface area contributed by atoms with Gasteiger partial charge in [-0.1, -0.05) is 6.07 Å². The van der Waals surface area contributed by atoms with Crippen molar-refractivity contribution in [3.63, 3.8) is 0 Å². The van der Waals surface area contributed by atoms with Crippen molar-refractivity contribution in [1.29, 1.82) is 0 Å². The minimum Gasteiger partial charge on any atom is -0.869 e. The summed E-state index contributed by atoms with van der Waals surface area (Å²) in [5.41, 5.74) is 0. The van der Waals surface area contributed by atoms with Crippen molar-refractivity contribution in [1.82, 2.24) is 0 Å². The van der Waals surface area contributed by atoms with E-state index in [0.29, 0.717) is 0 Å². The van der Waals surface area contributed by atoms with E-state index < -0.39 is 17.7 Å². The number of thiophene rings is 1. The molecule has 0 fully saturated rings. The van der Waals surface area contributed by atoms with Crippen molar-refractivity contribution in [2.75, 3.05) is 0 Å². The average Bonchev–Trinajstić information content (AvgIpc) is 2.53. The molecule has 0 spiro atoms. The van der Waals surface area contributed by atoms with Crippen molar-refractivity contribution in [2.45, 2.75) is 6.18 Å². The van der Waals surface area contributed by atoms with Gasteiger partial charge >= 0.3 is 35.7 Å². The first-order chi connectivity index (χ1) is 6.41. The van der Waals surface area contributed by atoms with E-state index in [9.17, 15) is 23.1 Å². The van der Waals surface area contributed by atoms with Crippen molar-refractivity contribution in [3.8, 4) is 0 Å². The molecule has 0 saturated heterocycles. The summed E-state index contributed by atoms with van der Waals surface area (Å²) < 4.78 is 35.2. The summed E-state index contributed by atoms with van der Waals surface area (Å²) in [7, 11) is 0. The first kappa shape index (κ1) is 14.7. The maximum absolute atomic E-state index is 11.7. The van der Waals surface area contributed by atoms with Gasteiger partial charge in [-0.3, -0.25) is 4.79 Å². The van der Waals surface area contributed by atoms with Crippen molar-refractivity contribution in [2.24, 2.45) is 0 Å². The van der Waals surface area contributed by atoms with E-state index >= 15 is 0 Å². The molecule has 1 aromatic rings. The van der Waals surface area contributed by atoms with E-state index in [1.54, 1.807) is 5.38 Å². The molecule has 1 heterocycles. The average molecular weight is 244 g/mol. The topological polar surface area (TPSA) is 40.1 Å². The summed E-state index contributed by atoms with van der Waals surface area (Å²) in [6.45, 7) is 0. The third-order valence-electron chi connectivity index (χ3n) is 1.31. The Morgan fingerprint density at radius 1 is 1.47 bits per heavy atom. The number of ketones is 1. The smallest absolute Gasteiger partial charge is 0.869 e. The zero-order chi connectivity index (χ0) is 10.8. The molecule has 2 nitrogen and oxygen atoms in total. The molecule has 0 atom stereocenters. The molecule has 0 aliphatic carbocycles. The summed E-state index contributed by atoms with van der Waals surface area (Å²) in [6.07, 6.45) is -4.92. The number of hydrogen-bond donors (Lipinski definition) is 0. The van der Waals surface area contributed by atoms with E-state index in [1.807, 2.05) is 0 Å². The second kappa shape index (κ2) is 5.69. The van der Waals surface area contributed by atoms with Crippen LogP contribution < -0.4 is 34.7 Å². The predicted octanol–water partition coefficient (Wildman–Crippen LogP) is -1.26. The molecule has 0 saturated carbocycles. The number of carbonyl (C=O) groups is 1. The molecule has 0 aliphatic heterocycles. The molecule has 0 aromatic carbocycles. The van der Waals surface area contributed by atoms with Gasteiger partial charge in [0.05, 0.1) is 4.88 Å². The van der Waals surface area contributed by atoms with Crippen LogP contribution in [0.4, 0.5) is 13.2 Å². The normalized spacial score (nSPS) is 12.1. The van der Waals surface area contributed by atoms with Crippen LogP contribution in [0.15, 0.2) is 29.3 Å². The van der Waals surface area contributed by atoms with Crippen LogP contribution in [-0.2, 0) is 0 Å². The van der Waals surface area contributed by atoms with Crippen LogP contribution in [0.5, 0.6) is 0 Å². The van der Waals surface area contributed by atoms with Crippen LogP contribution >= 0.6 is 11.3 Å². The minimum absolute atomic E-state index is 0. The summed E-state index contributed by atoms with van der Waals surface area (Å²) in [6, 6.07) is 2.87. The van der Waals surface area contributed by atoms with Gasteiger partial charge in [-0.15, -0.1) is 11.3 Å². The number of hydrogen-bond acceptors (Lipinski definition) is 3. The molecule has 0 aliphatic rings. The third kappa shape index (κ3) is 4.38. The maximum atomic E-state index is 11.7. The quantitative estimate of drug-likeness (QED) is 0.282. The van der Waals surface area contributed by atoms with Crippen LogP contribution in [-0.4, -0.2) is 12.0 Å². The van der Waals surface area contributed by atoms with Gasteiger partial charge in [0.15, 0.2) is 5.78 Å². The Hall–Kier alpha value is -0.300. The van der Waals surface area contributed by atoms with Gasteiger partial charge in [-0.05, 0) is 23.3 Å². The molecular weight excluding hydrogens is 240 g/mol. The largest absolute Gasteiger partial charge is 1.00 e. The van der Waals surface area contributed by atoms with E-state index in [2.05, 4.69) is 0 Å². The zero-order valence-corrected chi connectivity index (χ0v) is 10.5. The molecule has 0 bridgehead atoms. The summed E-state index contributed by atoms with van der Waals surface area (Å²) in [5, 5.41) is 11.9. The Kier molecular flexibility index (Phi) is 5.58. The Morgan fingerprint density at radius 2 is 2.07 bits per heavy atom. The van der Waals surface area contributed by atoms with Crippen LogP contribution in [0.2, 0.25) is 0 Å². The van der Waals surface area contributed by atoms with E-state index in [4.69, 9.17) is 0 Å². The van der Waals surface area contributed by atoms with Gasteiger partial charge in [0, 0.05) is 0 Å². The van der Waals surface area contributed by atoms with Crippen molar-refractivity contribution < 1.29 is 52.6 Å². The maximum Gasteiger partial charge on any atom is 1.00 e. The molecular formula is C8H4F3NaO2S. The van der Waals surface area contributed by atoms with Gasteiger partial charge < -0.3 is 5.11 Å². The van der Waals surface area contributed by atoms with Crippen molar-refractivity contribution in [3.05, 3.63) is 34.2 Å². The zero-order valence-electron chi connectivity index (χ0n) is 7.67. The molecule has 7 heteroatoms. The summed E-state index contributed by atoms with van der Waals surface area (Å²) in [5.74, 6) is -3.04. The summed E-state index contributed by atoms with van der Waals surface area (Å²) >= 11 is 0.983. The molecule has 76 valence electrons. The van der Waals surface area contributed by atoms with Gasteiger partial charge in [0.25, 0.3) is 0 Å². The van der Waals surface area contributed by atoms with Gasteiger partial charge in [0.1, 0.15) is 0 Å². The standard InChI is InChI=1S/C8H5F3O2S.Na/c9-8(10,11)7(13)4-5(12)6-2-1-3-14-6;/h1-4,13H;/q;+1/p-1/b7-4+;. The Morgan fingerprint density at radius 3 is 2.47 bits per heavy atom. The van der Waals surface area contributed by atoms with Gasteiger partial charge in [-0.2, -0.15) is 13.2 Å². The fourth-order valence-electron chi connectivity index (χ4n) is 0.691. The molecule has 0 radical (unpaired) electrons. The number of allylic oxidation sites excluding steroid dienone is 2. The fourth-order valence-corrected chi connectivity index (χ4v) is 1.33. The van der Waals surface area contributed by atoms with Crippen LogP contribution in [0.1, 0.15) is 9.67 Å².